The second-order valence-electron chi connectivity index (χ2n) is 7.07. The maximum absolute atomic E-state index is 5.98. The van der Waals surface area contributed by atoms with Crippen LogP contribution >= 0.6 is 0 Å². The maximum Gasteiger partial charge on any atom is 0.161 e. The molecule has 0 atom stereocenters. The number of hydrogen-bond donors (Lipinski definition) is 1. The van der Waals surface area contributed by atoms with Crippen LogP contribution in [0.4, 0.5) is 0 Å². The van der Waals surface area contributed by atoms with Crippen molar-refractivity contribution in [2.24, 2.45) is 0 Å². The number of methoxy groups -OCH3 is 1. The van der Waals surface area contributed by atoms with Crippen molar-refractivity contribution in [2.45, 2.75) is 32.5 Å². The highest BCUT2D eigenvalue weighted by molar-refractivity contribution is 5.43. The van der Waals surface area contributed by atoms with Gasteiger partial charge >= 0.3 is 0 Å². The standard InChI is InChI=1S/C21H30N2O2/c1-21(2,23(3)4)16-22-14-18-11-12-19(24-5)20(13-18)25-15-17-9-7-6-8-10-17/h6-13,22H,14-16H2,1-5H3. The monoisotopic (exact) mass is 342 g/mol. The average molecular weight is 342 g/mol. The van der Waals surface area contributed by atoms with Crippen LogP contribution in [0.3, 0.4) is 0 Å². The largest absolute Gasteiger partial charge is 0.493 e. The van der Waals surface area contributed by atoms with Gasteiger partial charge in [0.15, 0.2) is 11.5 Å². The summed E-state index contributed by atoms with van der Waals surface area (Å²) in [5, 5.41) is 3.52. The van der Waals surface area contributed by atoms with E-state index in [-0.39, 0.29) is 5.54 Å². The van der Waals surface area contributed by atoms with Gasteiger partial charge in [-0.1, -0.05) is 36.4 Å². The summed E-state index contributed by atoms with van der Waals surface area (Å²) in [4.78, 5) is 2.22. The number of hydrogen-bond acceptors (Lipinski definition) is 4. The highest BCUT2D eigenvalue weighted by Gasteiger charge is 2.19. The van der Waals surface area contributed by atoms with E-state index in [1.807, 2.05) is 24.3 Å². The summed E-state index contributed by atoms with van der Waals surface area (Å²) in [6, 6.07) is 16.2. The first-order valence-corrected chi connectivity index (χ1v) is 8.64. The normalized spacial score (nSPS) is 11.6. The van der Waals surface area contributed by atoms with Crippen LogP contribution in [-0.4, -0.2) is 38.2 Å². The summed E-state index contributed by atoms with van der Waals surface area (Å²) in [6.07, 6.45) is 0. The van der Waals surface area contributed by atoms with Crippen molar-refractivity contribution in [1.82, 2.24) is 10.2 Å². The molecule has 2 aromatic carbocycles. The summed E-state index contributed by atoms with van der Waals surface area (Å²) < 4.78 is 11.4. The van der Waals surface area contributed by atoms with Crippen molar-refractivity contribution in [3.8, 4) is 11.5 Å². The predicted molar refractivity (Wildman–Crippen MR) is 103 cm³/mol. The van der Waals surface area contributed by atoms with Crippen LogP contribution in [0.25, 0.3) is 0 Å². The number of ether oxygens (including phenoxy) is 2. The number of rotatable bonds is 9. The van der Waals surface area contributed by atoms with Crippen LogP contribution in [0.1, 0.15) is 25.0 Å². The third kappa shape index (κ3) is 5.76. The van der Waals surface area contributed by atoms with Crippen molar-refractivity contribution < 1.29 is 9.47 Å². The SMILES string of the molecule is COc1ccc(CNCC(C)(C)N(C)C)cc1OCc1ccccc1. The molecule has 2 rings (SSSR count). The zero-order valence-electron chi connectivity index (χ0n) is 16.0. The highest BCUT2D eigenvalue weighted by Crippen LogP contribution is 2.29. The molecular formula is C21H30N2O2. The molecule has 0 aliphatic carbocycles. The zero-order valence-corrected chi connectivity index (χ0v) is 16.0. The predicted octanol–water partition coefficient (Wildman–Crippen LogP) is 3.70. The van der Waals surface area contributed by atoms with Crippen LogP contribution in [0.2, 0.25) is 0 Å². The van der Waals surface area contributed by atoms with Crippen LogP contribution in [0.5, 0.6) is 11.5 Å². The molecule has 0 amide bonds. The molecule has 0 aliphatic rings. The molecule has 0 fully saturated rings. The molecule has 0 heterocycles. The van der Waals surface area contributed by atoms with Gasteiger partial charge in [0.1, 0.15) is 6.61 Å². The van der Waals surface area contributed by atoms with Crippen molar-refractivity contribution >= 4 is 0 Å². The van der Waals surface area contributed by atoms with E-state index in [9.17, 15) is 0 Å². The molecule has 0 unspecified atom stereocenters. The summed E-state index contributed by atoms with van der Waals surface area (Å²) >= 11 is 0. The molecule has 0 bridgehead atoms. The van der Waals surface area contributed by atoms with E-state index in [4.69, 9.17) is 9.47 Å². The Morgan fingerprint density at radius 1 is 0.960 bits per heavy atom. The van der Waals surface area contributed by atoms with Gasteiger partial charge in [-0.15, -0.1) is 0 Å². The lowest BCUT2D eigenvalue weighted by atomic mass is 10.0. The number of nitrogens with zero attached hydrogens (tertiary/aromatic N) is 1. The van der Waals surface area contributed by atoms with E-state index in [2.05, 4.69) is 62.4 Å². The fourth-order valence-corrected chi connectivity index (χ4v) is 2.35. The molecule has 4 nitrogen and oxygen atoms in total. The van der Waals surface area contributed by atoms with Crippen LogP contribution in [-0.2, 0) is 13.2 Å². The summed E-state index contributed by atoms with van der Waals surface area (Å²) in [5.41, 5.74) is 2.43. The van der Waals surface area contributed by atoms with Gasteiger partial charge in [0, 0.05) is 18.6 Å². The van der Waals surface area contributed by atoms with Crippen molar-refractivity contribution in [3.63, 3.8) is 0 Å². The molecule has 0 aliphatic heterocycles. The molecule has 4 heteroatoms. The minimum Gasteiger partial charge on any atom is -0.493 e. The Morgan fingerprint density at radius 3 is 2.32 bits per heavy atom. The molecule has 0 saturated carbocycles. The Labute approximate surface area is 151 Å². The van der Waals surface area contributed by atoms with Crippen LogP contribution in [0, 0.1) is 0 Å². The highest BCUT2D eigenvalue weighted by atomic mass is 16.5. The van der Waals surface area contributed by atoms with E-state index in [1.165, 1.54) is 5.56 Å². The number of benzene rings is 2. The molecule has 0 saturated heterocycles. The molecule has 0 aromatic heterocycles. The second kappa shape index (κ2) is 8.88. The first-order valence-electron chi connectivity index (χ1n) is 8.64. The van der Waals surface area contributed by atoms with E-state index in [0.29, 0.717) is 6.61 Å². The van der Waals surface area contributed by atoms with E-state index in [0.717, 1.165) is 30.2 Å². The summed E-state index contributed by atoms with van der Waals surface area (Å²) in [6.45, 7) is 6.68. The lowest BCUT2D eigenvalue weighted by molar-refractivity contribution is 0.189. The fraction of sp³-hybridized carbons (Fsp3) is 0.429. The third-order valence-electron chi connectivity index (χ3n) is 4.56. The van der Waals surface area contributed by atoms with Crippen LogP contribution in [0.15, 0.2) is 48.5 Å². The van der Waals surface area contributed by atoms with E-state index >= 15 is 0 Å². The molecular weight excluding hydrogens is 312 g/mol. The average Bonchev–Trinajstić information content (AvgIpc) is 2.60. The molecule has 2 aromatic rings. The van der Waals surface area contributed by atoms with Gasteiger partial charge in [-0.2, -0.15) is 0 Å². The van der Waals surface area contributed by atoms with Gasteiger partial charge < -0.3 is 19.7 Å². The smallest absolute Gasteiger partial charge is 0.161 e. The molecule has 0 spiro atoms. The fourth-order valence-electron chi connectivity index (χ4n) is 2.35. The van der Waals surface area contributed by atoms with Crippen LogP contribution < -0.4 is 14.8 Å². The first-order chi connectivity index (χ1) is 11.9. The Hall–Kier alpha value is -2.04. The third-order valence-corrected chi connectivity index (χ3v) is 4.56. The minimum atomic E-state index is 0.110. The summed E-state index contributed by atoms with van der Waals surface area (Å²) in [7, 11) is 5.87. The lowest BCUT2D eigenvalue weighted by Gasteiger charge is -2.32. The van der Waals surface area contributed by atoms with Gasteiger partial charge in [-0.25, -0.2) is 0 Å². The van der Waals surface area contributed by atoms with Crippen molar-refractivity contribution in [1.29, 1.82) is 0 Å². The van der Waals surface area contributed by atoms with Gasteiger partial charge in [-0.05, 0) is 51.2 Å². The quantitative estimate of drug-likeness (QED) is 0.753. The Bertz CT molecular complexity index is 654. The van der Waals surface area contributed by atoms with Gasteiger partial charge in [0.2, 0.25) is 0 Å². The Morgan fingerprint density at radius 2 is 1.68 bits per heavy atom. The van der Waals surface area contributed by atoms with Crippen molar-refractivity contribution in [3.05, 3.63) is 59.7 Å². The molecule has 25 heavy (non-hydrogen) atoms. The number of nitrogens with one attached hydrogen (secondary N) is 1. The topological polar surface area (TPSA) is 33.7 Å². The maximum atomic E-state index is 5.98. The van der Waals surface area contributed by atoms with E-state index in [1.54, 1.807) is 7.11 Å². The number of likely N-dealkylation sites (N-methyl/N-ethyl adjacent to an activating group) is 1. The van der Waals surface area contributed by atoms with Gasteiger partial charge in [-0.3, -0.25) is 0 Å². The van der Waals surface area contributed by atoms with E-state index < -0.39 is 0 Å². The van der Waals surface area contributed by atoms with Gasteiger partial charge in [0.25, 0.3) is 0 Å². The zero-order chi connectivity index (χ0) is 18.3. The molecule has 1 N–H and O–H groups in total. The van der Waals surface area contributed by atoms with Crippen molar-refractivity contribution in [2.75, 3.05) is 27.7 Å². The lowest BCUT2D eigenvalue weighted by Crippen LogP contribution is -2.46. The molecule has 0 radical (unpaired) electrons. The molecule has 136 valence electrons. The Kier molecular flexibility index (Phi) is 6.85. The van der Waals surface area contributed by atoms with Gasteiger partial charge in [0.05, 0.1) is 7.11 Å². The second-order valence-corrected chi connectivity index (χ2v) is 7.07. The minimum absolute atomic E-state index is 0.110. The first kappa shape index (κ1) is 19.3. The summed E-state index contributed by atoms with van der Waals surface area (Å²) in [5.74, 6) is 1.53. The Balaban J connectivity index is 1.98.